The summed E-state index contributed by atoms with van der Waals surface area (Å²) in [4.78, 5) is 33.8. The first-order valence-electron chi connectivity index (χ1n) is 5.13. The van der Waals surface area contributed by atoms with E-state index in [9.17, 15) is 14.4 Å². The Morgan fingerprint density at radius 3 is 2.53 bits per heavy atom. The lowest BCUT2D eigenvalue weighted by atomic mass is 10.1. The zero-order valence-corrected chi connectivity index (χ0v) is 8.92. The summed E-state index contributed by atoms with van der Waals surface area (Å²) in [5.74, 6) is -2.55. The highest BCUT2D eigenvalue weighted by Gasteiger charge is 2.32. The van der Waals surface area contributed by atoms with Crippen molar-refractivity contribution in [1.29, 1.82) is 0 Å². The lowest BCUT2D eigenvalue weighted by Gasteiger charge is -2.05. The first-order chi connectivity index (χ1) is 8.16. The molecule has 0 amide bonds. The predicted octanol–water partition coefficient (Wildman–Crippen LogP) is 0.933. The number of hydrogen-bond donors (Lipinski definition) is 0. The van der Waals surface area contributed by atoms with Crippen LogP contribution in [0.5, 0.6) is 0 Å². The number of ether oxygens (including phenoxy) is 2. The maximum atomic E-state index is 11.5. The van der Waals surface area contributed by atoms with Crippen molar-refractivity contribution in [1.82, 2.24) is 0 Å². The molecule has 1 saturated heterocycles. The smallest absolute Gasteiger partial charge is 0.345 e. The van der Waals surface area contributed by atoms with Gasteiger partial charge >= 0.3 is 17.9 Å². The molecule has 1 aliphatic rings. The maximum Gasteiger partial charge on any atom is 0.345 e. The van der Waals surface area contributed by atoms with Crippen molar-refractivity contribution in [2.45, 2.75) is 6.42 Å². The van der Waals surface area contributed by atoms with Gasteiger partial charge in [-0.3, -0.25) is 9.59 Å². The van der Waals surface area contributed by atoms with Crippen LogP contribution in [0.3, 0.4) is 0 Å². The number of hydrogen-bond acceptors (Lipinski definition) is 5. The molecule has 1 aromatic rings. The minimum Gasteiger partial charge on any atom is -0.465 e. The molecule has 0 bridgehead atoms. The van der Waals surface area contributed by atoms with E-state index in [1.54, 1.807) is 30.3 Å². The van der Waals surface area contributed by atoms with Crippen LogP contribution >= 0.6 is 0 Å². The molecule has 0 aliphatic carbocycles. The Morgan fingerprint density at radius 2 is 1.94 bits per heavy atom. The lowest BCUT2D eigenvalue weighted by molar-refractivity contribution is -0.142. The van der Waals surface area contributed by atoms with Crippen LogP contribution in [0, 0.1) is 5.92 Å². The molecule has 5 nitrogen and oxygen atoms in total. The van der Waals surface area contributed by atoms with Crippen LogP contribution in [0.1, 0.15) is 16.8 Å². The predicted molar refractivity (Wildman–Crippen MR) is 55.9 cm³/mol. The Kier molecular flexibility index (Phi) is 3.18. The Labute approximate surface area is 97.3 Å². The molecule has 88 valence electrons. The zero-order chi connectivity index (χ0) is 12.3. The highest BCUT2D eigenvalue weighted by Crippen LogP contribution is 2.16. The molecule has 17 heavy (non-hydrogen) atoms. The zero-order valence-electron chi connectivity index (χ0n) is 8.92. The summed E-state index contributed by atoms with van der Waals surface area (Å²) in [5, 5.41) is 0. The second-order valence-electron chi connectivity index (χ2n) is 3.66. The van der Waals surface area contributed by atoms with Gasteiger partial charge in [0.2, 0.25) is 0 Å². The van der Waals surface area contributed by atoms with Gasteiger partial charge in [-0.25, -0.2) is 4.79 Å². The van der Waals surface area contributed by atoms with E-state index in [1.165, 1.54) is 0 Å². The minimum atomic E-state index is -0.718. The molecule has 1 aliphatic heterocycles. The fourth-order valence-electron chi connectivity index (χ4n) is 1.47. The molecule has 0 aromatic heterocycles. The van der Waals surface area contributed by atoms with Crippen molar-refractivity contribution in [3.8, 4) is 0 Å². The van der Waals surface area contributed by atoms with E-state index in [4.69, 9.17) is 0 Å². The Balaban J connectivity index is 1.95. The van der Waals surface area contributed by atoms with Gasteiger partial charge in [-0.15, -0.1) is 0 Å². The molecule has 0 radical (unpaired) electrons. The molecule has 0 spiro atoms. The van der Waals surface area contributed by atoms with Gasteiger partial charge < -0.3 is 9.47 Å². The van der Waals surface area contributed by atoms with E-state index >= 15 is 0 Å². The number of rotatable bonds is 2. The normalized spacial score (nSPS) is 18.6. The average Bonchev–Trinajstić information content (AvgIpc) is 2.77. The van der Waals surface area contributed by atoms with Gasteiger partial charge in [-0.05, 0) is 12.1 Å². The Hall–Kier alpha value is -2.17. The lowest BCUT2D eigenvalue weighted by Crippen LogP contribution is -2.21. The fourth-order valence-corrected chi connectivity index (χ4v) is 1.47. The van der Waals surface area contributed by atoms with Gasteiger partial charge in [0.1, 0.15) is 12.5 Å². The van der Waals surface area contributed by atoms with Gasteiger partial charge in [0.15, 0.2) is 0 Å². The van der Waals surface area contributed by atoms with Crippen molar-refractivity contribution in [3.63, 3.8) is 0 Å². The molecular weight excluding hydrogens is 224 g/mol. The largest absolute Gasteiger partial charge is 0.465 e. The third-order valence-electron chi connectivity index (χ3n) is 2.39. The first-order valence-corrected chi connectivity index (χ1v) is 5.13. The van der Waals surface area contributed by atoms with Crippen molar-refractivity contribution < 1.29 is 23.9 Å². The molecule has 1 atom stereocenters. The summed E-state index contributed by atoms with van der Waals surface area (Å²) >= 11 is 0. The van der Waals surface area contributed by atoms with Gasteiger partial charge in [0.25, 0.3) is 0 Å². The summed E-state index contributed by atoms with van der Waals surface area (Å²) < 4.78 is 9.28. The molecule has 0 N–H and O–H groups in total. The second kappa shape index (κ2) is 4.78. The van der Waals surface area contributed by atoms with E-state index in [-0.39, 0.29) is 13.0 Å². The van der Waals surface area contributed by atoms with Gasteiger partial charge in [0.05, 0.1) is 12.0 Å². The van der Waals surface area contributed by atoms with Crippen molar-refractivity contribution >= 4 is 17.9 Å². The maximum absolute atomic E-state index is 11.5. The Bertz CT molecular complexity index is 451. The molecule has 0 saturated carbocycles. The Morgan fingerprint density at radius 1 is 1.24 bits per heavy atom. The SMILES string of the molecule is O=C1C[C@@H](C(=O)OC(=O)c2ccccc2)CO1. The molecule has 1 aromatic carbocycles. The van der Waals surface area contributed by atoms with Crippen molar-refractivity contribution in [2.75, 3.05) is 6.61 Å². The van der Waals surface area contributed by atoms with Crippen molar-refractivity contribution in [2.24, 2.45) is 5.92 Å². The number of benzene rings is 1. The van der Waals surface area contributed by atoms with Crippen LogP contribution in [0.15, 0.2) is 30.3 Å². The third kappa shape index (κ3) is 2.69. The van der Waals surface area contributed by atoms with Crippen LogP contribution in [-0.4, -0.2) is 24.5 Å². The highest BCUT2D eigenvalue weighted by molar-refractivity contribution is 5.98. The first kappa shape index (κ1) is 11.3. The number of carbonyl (C=O) groups is 3. The summed E-state index contributed by atoms with van der Waals surface area (Å²) in [6.45, 7) is -0.0142. The standard InChI is InChI=1S/C12H10O5/c13-10-6-9(7-16-10)12(15)17-11(14)8-4-2-1-3-5-8/h1-5,9H,6-7H2/t9-/m1/s1. The van der Waals surface area contributed by atoms with Crippen LogP contribution in [-0.2, 0) is 19.1 Å². The van der Waals surface area contributed by atoms with Gasteiger partial charge in [-0.1, -0.05) is 18.2 Å². The average molecular weight is 234 g/mol. The van der Waals surface area contributed by atoms with Crippen molar-refractivity contribution in [3.05, 3.63) is 35.9 Å². The molecule has 1 heterocycles. The molecular formula is C12H10O5. The molecule has 0 unspecified atom stereocenters. The van der Waals surface area contributed by atoms with E-state index < -0.39 is 23.8 Å². The van der Waals surface area contributed by atoms with Crippen LogP contribution in [0.4, 0.5) is 0 Å². The van der Waals surface area contributed by atoms with Gasteiger partial charge in [-0.2, -0.15) is 0 Å². The number of cyclic esters (lactones) is 1. The number of esters is 3. The summed E-state index contributed by atoms with van der Waals surface area (Å²) in [7, 11) is 0. The van der Waals surface area contributed by atoms with E-state index in [2.05, 4.69) is 9.47 Å². The summed E-state index contributed by atoms with van der Waals surface area (Å²) in [6.07, 6.45) is -0.0269. The quantitative estimate of drug-likeness (QED) is 0.562. The van der Waals surface area contributed by atoms with Crippen LogP contribution in [0.25, 0.3) is 0 Å². The topological polar surface area (TPSA) is 69.7 Å². The third-order valence-corrected chi connectivity index (χ3v) is 2.39. The van der Waals surface area contributed by atoms with Crippen LogP contribution in [0.2, 0.25) is 0 Å². The monoisotopic (exact) mass is 234 g/mol. The fraction of sp³-hybridized carbons (Fsp3) is 0.250. The second-order valence-corrected chi connectivity index (χ2v) is 3.66. The molecule has 2 rings (SSSR count). The summed E-state index contributed by atoms with van der Waals surface area (Å²) in [6, 6.07) is 8.19. The highest BCUT2D eigenvalue weighted by atomic mass is 16.6. The van der Waals surface area contributed by atoms with E-state index in [0.29, 0.717) is 5.56 Å². The van der Waals surface area contributed by atoms with Gasteiger partial charge in [0, 0.05) is 0 Å². The van der Waals surface area contributed by atoms with Crippen LogP contribution < -0.4 is 0 Å². The van der Waals surface area contributed by atoms with E-state index in [0.717, 1.165) is 0 Å². The molecule has 1 fully saturated rings. The summed E-state index contributed by atoms with van der Waals surface area (Å²) in [5.41, 5.74) is 0.297. The number of carbonyl (C=O) groups excluding carboxylic acids is 3. The minimum absolute atomic E-state index is 0.0142. The molecule has 5 heteroatoms. The van der Waals surface area contributed by atoms with E-state index in [1.807, 2.05) is 0 Å².